The van der Waals surface area contributed by atoms with Gasteiger partial charge in [-0.1, -0.05) is 24.3 Å². The van der Waals surface area contributed by atoms with Crippen molar-refractivity contribution in [1.82, 2.24) is 15.6 Å². The highest BCUT2D eigenvalue weighted by molar-refractivity contribution is 6.10. The summed E-state index contributed by atoms with van der Waals surface area (Å²) in [4.78, 5) is 16.7. The molecule has 186 valence electrons. The van der Waals surface area contributed by atoms with E-state index < -0.39 is 6.10 Å². The largest absolute Gasteiger partial charge is 0.490 e. The first-order valence-electron chi connectivity index (χ1n) is 12.4. The molecule has 3 aromatic carbocycles. The molecule has 1 saturated heterocycles. The summed E-state index contributed by atoms with van der Waals surface area (Å²) in [5.74, 6) is 1.81. The maximum absolute atomic E-state index is 13.3. The molecule has 0 radical (unpaired) electrons. The van der Waals surface area contributed by atoms with Gasteiger partial charge in [0.2, 0.25) is 6.79 Å². The van der Waals surface area contributed by atoms with Gasteiger partial charge in [-0.25, -0.2) is 0 Å². The third-order valence-corrected chi connectivity index (χ3v) is 7.01. The number of piperidine rings is 1. The predicted molar refractivity (Wildman–Crippen MR) is 137 cm³/mol. The van der Waals surface area contributed by atoms with E-state index in [1.807, 2.05) is 36.4 Å². The highest BCUT2D eigenvalue weighted by atomic mass is 16.7. The fourth-order valence-corrected chi connectivity index (χ4v) is 5.16. The van der Waals surface area contributed by atoms with Crippen molar-refractivity contribution in [3.8, 4) is 17.2 Å². The number of aliphatic hydroxyl groups excluding tert-OH is 1. The van der Waals surface area contributed by atoms with Crippen LogP contribution in [0.2, 0.25) is 0 Å². The summed E-state index contributed by atoms with van der Waals surface area (Å²) >= 11 is 0. The van der Waals surface area contributed by atoms with Crippen molar-refractivity contribution < 1.29 is 24.1 Å². The molecule has 0 bridgehead atoms. The molecule has 3 heterocycles. The van der Waals surface area contributed by atoms with Gasteiger partial charge in [0, 0.05) is 41.0 Å². The molecule has 8 nitrogen and oxygen atoms in total. The summed E-state index contributed by atoms with van der Waals surface area (Å²) in [5, 5.41) is 19.5. The van der Waals surface area contributed by atoms with E-state index in [1.165, 1.54) is 0 Å². The smallest absolute Gasteiger partial charge is 0.231 e. The SMILES string of the molecule is O=C(c1ccc2c(c1)OCO2)C1CNCCC1NCC(O)COc1cccc2[nH]c3ccccc3c12. The summed E-state index contributed by atoms with van der Waals surface area (Å²) in [6.45, 7) is 2.06. The van der Waals surface area contributed by atoms with Crippen LogP contribution in [0.15, 0.2) is 60.7 Å². The van der Waals surface area contributed by atoms with Crippen LogP contribution in [0.25, 0.3) is 21.8 Å². The van der Waals surface area contributed by atoms with Crippen molar-refractivity contribution in [1.29, 1.82) is 0 Å². The number of para-hydroxylation sites is 1. The average Bonchev–Trinajstić information content (AvgIpc) is 3.54. The Labute approximate surface area is 208 Å². The van der Waals surface area contributed by atoms with Gasteiger partial charge in [-0.3, -0.25) is 4.79 Å². The second kappa shape index (κ2) is 9.81. The van der Waals surface area contributed by atoms with E-state index in [0.717, 1.165) is 40.5 Å². The van der Waals surface area contributed by atoms with Gasteiger partial charge in [0.25, 0.3) is 0 Å². The molecule has 4 N–H and O–H groups in total. The highest BCUT2D eigenvalue weighted by Gasteiger charge is 2.32. The van der Waals surface area contributed by atoms with Crippen molar-refractivity contribution in [3.05, 3.63) is 66.2 Å². The summed E-state index contributed by atoms with van der Waals surface area (Å²) in [7, 11) is 0. The molecular formula is C28H29N3O5. The van der Waals surface area contributed by atoms with Crippen LogP contribution >= 0.6 is 0 Å². The number of ketones is 1. The molecule has 0 saturated carbocycles. The first-order chi connectivity index (χ1) is 17.7. The second-order valence-electron chi connectivity index (χ2n) is 9.36. The van der Waals surface area contributed by atoms with Crippen LogP contribution in [0.4, 0.5) is 0 Å². The lowest BCUT2D eigenvalue weighted by molar-refractivity contribution is 0.0813. The second-order valence-corrected chi connectivity index (χ2v) is 9.36. The van der Waals surface area contributed by atoms with Gasteiger partial charge >= 0.3 is 0 Å². The molecule has 1 aromatic heterocycles. The van der Waals surface area contributed by atoms with Crippen molar-refractivity contribution in [3.63, 3.8) is 0 Å². The first kappa shape index (κ1) is 22.8. The van der Waals surface area contributed by atoms with Crippen LogP contribution in [-0.2, 0) is 0 Å². The Hall–Kier alpha value is -3.59. The number of aliphatic hydroxyl groups is 1. The number of Topliss-reactive ketones (excluding diaryl/α,β-unsaturated/α-hetero) is 1. The number of ether oxygens (including phenoxy) is 3. The van der Waals surface area contributed by atoms with Crippen LogP contribution < -0.4 is 24.8 Å². The quantitative estimate of drug-likeness (QED) is 0.283. The van der Waals surface area contributed by atoms with E-state index in [4.69, 9.17) is 14.2 Å². The number of carbonyl (C=O) groups excluding carboxylic acids is 1. The Kier molecular flexibility index (Phi) is 6.23. The molecule has 4 aromatic rings. The van der Waals surface area contributed by atoms with E-state index in [0.29, 0.717) is 30.2 Å². The zero-order chi connectivity index (χ0) is 24.5. The number of rotatable bonds is 8. The summed E-state index contributed by atoms with van der Waals surface area (Å²) in [5.41, 5.74) is 2.66. The molecule has 8 heteroatoms. The first-order valence-corrected chi connectivity index (χ1v) is 12.4. The van der Waals surface area contributed by atoms with Gasteiger partial charge in [0.1, 0.15) is 18.5 Å². The minimum absolute atomic E-state index is 0.0455. The number of hydrogen-bond acceptors (Lipinski definition) is 7. The van der Waals surface area contributed by atoms with Gasteiger partial charge in [0.15, 0.2) is 17.3 Å². The number of hydrogen-bond donors (Lipinski definition) is 4. The standard InChI is InChI=1S/C28H29N3O5/c32-18(15-34-25-7-3-6-23-27(25)19-4-1-2-5-22(19)31-23)13-30-21-10-11-29-14-20(21)28(33)17-8-9-24-26(12-17)36-16-35-24/h1-9,12,18,20-21,29-32H,10-11,13-16H2. The monoisotopic (exact) mass is 487 g/mol. The Morgan fingerprint density at radius 1 is 1.08 bits per heavy atom. The fraction of sp³-hybridized carbons (Fsp3) is 0.321. The van der Waals surface area contributed by atoms with Crippen LogP contribution in [-0.4, -0.2) is 61.1 Å². The van der Waals surface area contributed by atoms with Crippen molar-refractivity contribution in [2.24, 2.45) is 5.92 Å². The number of aromatic amines is 1. The third-order valence-electron chi connectivity index (χ3n) is 7.01. The average molecular weight is 488 g/mol. The summed E-state index contributed by atoms with van der Waals surface area (Å²) in [6, 6.07) is 19.3. The molecule has 0 aliphatic carbocycles. The minimum Gasteiger partial charge on any atom is -0.490 e. The predicted octanol–water partition coefficient (Wildman–Crippen LogP) is 3.24. The lowest BCUT2D eigenvalue weighted by Crippen LogP contribution is -2.52. The number of aromatic nitrogens is 1. The zero-order valence-electron chi connectivity index (χ0n) is 19.8. The Bertz CT molecular complexity index is 1400. The Morgan fingerprint density at radius 2 is 1.94 bits per heavy atom. The summed E-state index contributed by atoms with van der Waals surface area (Å²) in [6.07, 6.45) is 0.0741. The number of carbonyl (C=O) groups is 1. The number of fused-ring (bicyclic) bond motifs is 4. The lowest BCUT2D eigenvalue weighted by atomic mass is 9.86. The fourth-order valence-electron chi connectivity index (χ4n) is 5.16. The van der Waals surface area contributed by atoms with Crippen LogP contribution in [0.1, 0.15) is 16.8 Å². The maximum Gasteiger partial charge on any atom is 0.231 e. The molecule has 3 atom stereocenters. The summed E-state index contributed by atoms with van der Waals surface area (Å²) < 4.78 is 16.9. The lowest BCUT2D eigenvalue weighted by Gasteiger charge is -2.32. The van der Waals surface area contributed by atoms with Crippen LogP contribution in [0, 0.1) is 5.92 Å². The molecule has 0 spiro atoms. The van der Waals surface area contributed by atoms with E-state index >= 15 is 0 Å². The Balaban J connectivity index is 1.09. The number of nitrogens with one attached hydrogen (secondary N) is 3. The molecular weight excluding hydrogens is 458 g/mol. The van der Waals surface area contributed by atoms with E-state index in [2.05, 4.69) is 21.7 Å². The topological polar surface area (TPSA) is 105 Å². The third kappa shape index (κ3) is 4.39. The Morgan fingerprint density at radius 3 is 2.89 bits per heavy atom. The molecule has 2 aliphatic rings. The van der Waals surface area contributed by atoms with Gasteiger partial charge in [-0.2, -0.15) is 0 Å². The van der Waals surface area contributed by atoms with Gasteiger partial charge in [-0.15, -0.1) is 0 Å². The molecule has 1 fully saturated rings. The highest BCUT2D eigenvalue weighted by Crippen LogP contribution is 2.34. The van der Waals surface area contributed by atoms with Crippen LogP contribution in [0.5, 0.6) is 17.2 Å². The van der Waals surface area contributed by atoms with Crippen molar-refractivity contribution in [2.75, 3.05) is 33.0 Å². The van der Waals surface area contributed by atoms with Crippen molar-refractivity contribution >= 4 is 27.6 Å². The minimum atomic E-state index is -0.721. The molecule has 36 heavy (non-hydrogen) atoms. The van der Waals surface area contributed by atoms with E-state index in [-0.39, 0.29) is 31.1 Å². The molecule has 6 rings (SSSR count). The number of benzene rings is 3. The maximum atomic E-state index is 13.3. The van der Waals surface area contributed by atoms with E-state index in [9.17, 15) is 9.90 Å². The van der Waals surface area contributed by atoms with Crippen molar-refractivity contribution in [2.45, 2.75) is 18.6 Å². The van der Waals surface area contributed by atoms with Gasteiger partial charge < -0.3 is 34.9 Å². The van der Waals surface area contributed by atoms with E-state index in [1.54, 1.807) is 18.2 Å². The van der Waals surface area contributed by atoms with Crippen LogP contribution in [0.3, 0.4) is 0 Å². The van der Waals surface area contributed by atoms with Gasteiger partial charge in [0.05, 0.1) is 11.4 Å². The molecule has 0 amide bonds. The molecule has 2 aliphatic heterocycles. The van der Waals surface area contributed by atoms with Gasteiger partial charge in [-0.05, 0) is 49.4 Å². The molecule has 3 unspecified atom stereocenters. The number of H-pyrrole nitrogens is 1. The zero-order valence-corrected chi connectivity index (χ0v) is 19.8. The normalized spacial score (nSPS) is 20.0.